The van der Waals surface area contributed by atoms with E-state index < -0.39 is 5.54 Å². The third kappa shape index (κ3) is 1.66. The fourth-order valence-electron chi connectivity index (χ4n) is 2.49. The van der Waals surface area contributed by atoms with E-state index in [4.69, 9.17) is 0 Å². The number of ketones is 1. The van der Waals surface area contributed by atoms with Crippen LogP contribution >= 0.6 is 0 Å². The first kappa shape index (κ1) is 12.8. The molecule has 3 rings (SSSR count). The molecule has 1 saturated heterocycles. The molecule has 5 nitrogen and oxygen atoms in total. The molecule has 104 valence electrons. The molecular formula is C15H17N3O2. The van der Waals surface area contributed by atoms with Crippen LogP contribution in [-0.4, -0.2) is 27.5 Å². The lowest BCUT2D eigenvalue weighted by molar-refractivity contribution is -0.118. The maximum absolute atomic E-state index is 12.7. The highest BCUT2D eigenvalue weighted by Crippen LogP contribution is 2.30. The number of hydrogen-bond donors (Lipinski definition) is 0. The average Bonchev–Trinajstić information content (AvgIpc) is 3.12. The Bertz CT molecular complexity index is 765. The van der Waals surface area contributed by atoms with E-state index in [0.29, 0.717) is 29.7 Å². The fourth-order valence-corrected chi connectivity index (χ4v) is 2.49. The van der Waals surface area contributed by atoms with Gasteiger partial charge in [-0.25, -0.2) is 9.66 Å². The SMILES string of the molecule is CCc1nc2ccccc2c(=O)n1N1CC1(C)C(C)=O. The van der Waals surface area contributed by atoms with E-state index in [0.717, 1.165) is 0 Å². The quantitative estimate of drug-likeness (QED) is 0.789. The zero-order valence-electron chi connectivity index (χ0n) is 11.9. The molecule has 1 unspecified atom stereocenters. The van der Waals surface area contributed by atoms with Gasteiger partial charge in [0.2, 0.25) is 0 Å². The Morgan fingerprint density at radius 1 is 1.40 bits per heavy atom. The highest BCUT2D eigenvalue weighted by molar-refractivity contribution is 5.92. The van der Waals surface area contributed by atoms with Crippen LogP contribution in [0.15, 0.2) is 29.1 Å². The van der Waals surface area contributed by atoms with E-state index in [2.05, 4.69) is 4.98 Å². The number of carbonyl (C=O) groups is 1. The summed E-state index contributed by atoms with van der Waals surface area (Å²) in [5.74, 6) is 0.762. The Hall–Kier alpha value is -2.17. The van der Waals surface area contributed by atoms with Gasteiger partial charge < -0.3 is 0 Å². The maximum Gasteiger partial charge on any atom is 0.280 e. The zero-order valence-corrected chi connectivity index (χ0v) is 11.9. The van der Waals surface area contributed by atoms with Crippen molar-refractivity contribution in [1.82, 2.24) is 9.66 Å². The third-order valence-electron chi connectivity index (χ3n) is 4.06. The number of aromatic nitrogens is 2. The van der Waals surface area contributed by atoms with Crippen LogP contribution < -0.4 is 10.6 Å². The van der Waals surface area contributed by atoms with Crippen molar-refractivity contribution in [3.63, 3.8) is 0 Å². The van der Waals surface area contributed by atoms with E-state index in [1.807, 2.05) is 32.0 Å². The van der Waals surface area contributed by atoms with Crippen molar-refractivity contribution in [2.24, 2.45) is 0 Å². The van der Waals surface area contributed by atoms with E-state index in [1.54, 1.807) is 22.7 Å². The van der Waals surface area contributed by atoms with Crippen molar-refractivity contribution < 1.29 is 4.79 Å². The largest absolute Gasteiger partial charge is 0.297 e. The lowest BCUT2D eigenvalue weighted by Crippen LogP contribution is -2.38. The molecule has 1 aliphatic heterocycles. The molecule has 1 fully saturated rings. The molecule has 1 aliphatic rings. The Morgan fingerprint density at radius 3 is 2.70 bits per heavy atom. The van der Waals surface area contributed by atoms with E-state index in [1.165, 1.54) is 0 Å². The second kappa shape index (κ2) is 4.16. The van der Waals surface area contributed by atoms with Crippen molar-refractivity contribution in [3.8, 4) is 0 Å². The first-order valence-corrected chi connectivity index (χ1v) is 6.78. The highest BCUT2D eigenvalue weighted by atomic mass is 16.2. The summed E-state index contributed by atoms with van der Waals surface area (Å²) in [5, 5.41) is 2.39. The molecule has 0 radical (unpaired) electrons. The van der Waals surface area contributed by atoms with Gasteiger partial charge in [0, 0.05) is 6.42 Å². The molecule has 0 bridgehead atoms. The van der Waals surface area contributed by atoms with Gasteiger partial charge in [0.05, 0.1) is 17.4 Å². The van der Waals surface area contributed by atoms with Gasteiger partial charge in [-0.15, -0.1) is 0 Å². The minimum absolute atomic E-state index is 0.0691. The predicted molar refractivity (Wildman–Crippen MR) is 77.6 cm³/mol. The van der Waals surface area contributed by atoms with Crippen molar-refractivity contribution in [1.29, 1.82) is 0 Å². The predicted octanol–water partition coefficient (Wildman–Crippen LogP) is 1.26. The van der Waals surface area contributed by atoms with Crippen LogP contribution in [0.2, 0.25) is 0 Å². The maximum atomic E-state index is 12.7. The Morgan fingerprint density at radius 2 is 2.10 bits per heavy atom. The summed E-state index contributed by atoms with van der Waals surface area (Å²) >= 11 is 0. The van der Waals surface area contributed by atoms with Crippen LogP contribution in [0, 0.1) is 0 Å². The van der Waals surface area contributed by atoms with Gasteiger partial charge in [-0.1, -0.05) is 19.1 Å². The molecule has 1 aromatic carbocycles. The molecule has 0 amide bonds. The zero-order chi connectivity index (χ0) is 14.5. The first-order chi connectivity index (χ1) is 9.49. The van der Waals surface area contributed by atoms with Crippen molar-refractivity contribution >= 4 is 16.7 Å². The fraction of sp³-hybridized carbons (Fsp3) is 0.400. The molecular weight excluding hydrogens is 254 g/mol. The molecule has 2 aromatic rings. The molecule has 1 aromatic heterocycles. The van der Waals surface area contributed by atoms with Crippen LogP contribution in [-0.2, 0) is 11.2 Å². The number of para-hydroxylation sites is 1. The minimum Gasteiger partial charge on any atom is -0.297 e. The van der Waals surface area contributed by atoms with E-state index in [-0.39, 0.29) is 11.3 Å². The molecule has 5 heteroatoms. The number of benzene rings is 1. The van der Waals surface area contributed by atoms with Crippen LogP contribution in [0.25, 0.3) is 10.9 Å². The van der Waals surface area contributed by atoms with Crippen LogP contribution in [0.1, 0.15) is 26.6 Å². The molecule has 0 aliphatic carbocycles. The second-order valence-electron chi connectivity index (χ2n) is 5.40. The summed E-state index contributed by atoms with van der Waals surface area (Å²) in [5.41, 5.74) is 0.0344. The van der Waals surface area contributed by atoms with Crippen LogP contribution in [0.3, 0.4) is 0 Å². The summed E-state index contributed by atoms with van der Waals surface area (Å²) in [4.78, 5) is 28.9. The van der Waals surface area contributed by atoms with Crippen molar-refractivity contribution in [3.05, 3.63) is 40.4 Å². The van der Waals surface area contributed by atoms with Crippen LogP contribution in [0.5, 0.6) is 0 Å². The van der Waals surface area contributed by atoms with Gasteiger partial charge in [-0.2, -0.15) is 0 Å². The summed E-state index contributed by atoms with van der Waals surface area (Å²) in [7, 11) is 0. The van der Waals surface area contributed by atoms with E-state index >= 15 is 0 Å². The second-order valence-corrected chi connectivity index (χ2v) is 5.40. The highest BCUT2D eigenvalue weighted by Gasteiger charge is 2.53. The number of Topliss-reactive ketones (excluding diaryl/α,β-unsaturated/α-hetero) is 1. The number of carbonyl (C=O) groups excluding carboxylic acids is 1. The lowest BCUT2D eigenvalue weighted by atomic mass is 10.1. The van der Waals surface area contributed by atoms with Crippen molar-refractivity contribution in [2.45, 2.75) is 32.7 Å². The van der Waals surface area contributed by atoms with Gasteiger partial charge in [0.1, 0.15) is 11.4 Å². The molecule has 2 heterocycles. The molecule has 0 saturated carbocycles. The monoisotopic (exact) mass is 271 g/mol. The molecule has 0 spiro atoms. The number of fused-ring (bicyclic) bond motifs is 1. The standard InChI is InChI=1S/C15H17N3O2/c1-4-13-16-12-8-6-5-7-11(12)14(20)18(13)17-9-15(17,3)10(2)19/h5-8H,4,9H2,1-3H3. The summed E-state index contributed by atoms with van der Waals surface area (Å²) in [6, 6.07) is 7.31. The Balaban J connectivity index is 2.23. The third-order valence-corrected chi connectivity index (χ3v) is 4.06. The normalized spacial score (nSPS) is 21.2. The first-order valence-electron chi connectivity index (χ1n) is 6.78. The molecule has 1 atom stereocenters. The summed E-state index contributed by atoms with van der Waals surface area (Å²) < 4.78 is 1.57. The van der Waals surface area contributed by atoms with Gasteiger partial charge in [-0.05, 0) is 26.0 Å². The summed E-state index contributed by atoms with van der Waals surface area (Å²) in [6.45, 7) is 5.94. The van der Waals surface area contributed by atoms with Crippen LogP contribution in [0.4, 0.5) is 0 Å². The van der Waals surface area contributed by atoms with E-state index in [9.17, 15) is 9.59 Å². The van der Waals surface area contributed by atoms with Gasteiger partial charge in [0.15, 0.2) is 5.78 Å². The Labute approximate surface area is 116 Å². The van der Waals surface area contributed by atoms with Gasteiger partial charge >= 0.3 is 0 Å². The number of aryl methyl sites for hydroxylation is 1. The van der Waals surface area contributed by atoms with Gasteiger partial charge in [0.25, 0.3) is 5.56 Å². The molecule has 0 N–H and O–H groups in total. The number of nitrogens with zero attached hydrogens (tertiary/aromatic N) is 3. The topological polar surface area (TPSA) is 55.0 Å². The average molecular weight is 271 g/mol. The smallest absolute Gasteiger partial charge is 0.280 e. The summed E-state index contributed by atoms with van der Waals surface area (Å²) in [6.07, 6.45) is 0.643. The number of hydrogen-bond acceptors (Lipinski definition) is 4. The minimum atomic E-state index is -0.572. The number of rotatable bonds is 3. The Kier molecular flexibility index (Phi) is 2.67. The lowest BCUT2D eigenvalue weighted by Gasteiger charge is -2.17. The van der Waals surface area contributed by atoms with Crippen molar-refractivity contribution in [2.75, 3.05) is 11.6 Å². The van der Waals surface area contributed by atoms with Gasteiger partial charge in [-0.3, -0.25) is 14.6 Å². The molecule has 20 heavy (non-hydrogen) atoms.